The third-order valence-corrected chi connectivity index (χ3v) is 1.53. The summed E-state index contributed by atoms with van der Waals surface area (Å²) in [5.74, 6) is -0.971. The lowest BCUT2D eigenvalue weighted by molar-refractivity contribution is -0.136. The Morgan fingerprint density at radius 3 is 2.14 bits per heavy atom. The summed E-state index contributed by atoms with van der Waals surface area (Å²) in [5, 5.41) is 8.91. The van der Waals surface area contributed by atoms with E-state index in [2.05, 4.69) is 0 Å². The quantitative estimate of drug-likeness (QED) is 0.491. The van der Waals surface area contributed by atoms with Crippen LogP contribution in [0.25, 0.3) is 0 Å². The van der Waals surface area contributed by atoms with Crippen LogP contribution < -0.4 is 0 Å². The van der Waals surface area contributed by atoms with Gasteiger partial charge in [-0.1, -0.05) is 13.0 Å². The summed E-state index contributed by atoms with van der Waals surface area (Å²) in [6, 6.07) is 0. The fourth-order valence-corrected chi connectivity index (χ4v) is 1.03. The van der Waals surface area contributed by atoms with Gasteiger partial charge in [-0.2, -0.15) is 0 Å². The van der Waals surface area contributed by atoms with E-state index >= 15 is 0 Å². The molecule has 0 bridgehead atoms. The van der Waals surface area contributed by atoms with E-state index in [1.807, 2.05) is 6.92 Å². The zero-order valence-corrected chi connectivity index (χ0v) is 8.82. The zero-order chi connectivity index (χ0) is 11.0. The van der Waals surface area contributed by atoms with Crippen molar-refractivity contribution < 1.29 is 19.4 Å². The number of carbonyl (C=O) groups is 1. The topological polar surface area (TPSA) is 59.0 Å². The van der Waals surface area contributed by atoms with Crippen molar-refractivity contribution in [1.82, 2.24) is 4.90 Å². The van der Waals surface area contributed by atoms with Crippen LogP contribution in [0.5, 0.6) is 0 Å². The second-order valence-electron chi connectivity index (χ2n) is 2.68. The number of rotatable bonds is 7. The van der Waals surface area contributed by atoms with Gasteiger partial charge in [-0.3, -0.25) is 0 Å². The standard InChI is InChI=1S/C9H17NO4/c1-4-5-8(9(11)12)10(6-13-2)7-14-3/h5H,4,6-7H2,1-3H3,(H,11,12)/b8-5+. The van der Waals surface area contributed by atoms with Gasteiger partial charge >= 0.3 is 5.97 Å². The van der Waals surface area contributed by atoms with Crippen molar-refractivity contribution in [1.29, 1.82) is 0 Å². The summed E-state index contributed by atoms with van der Waals surface area (Å²) in [7, 11) is 3.02. The lowest BCUT2D eigenvalue weighted by Crippen LogP contribution is -2.31. The molecule has 0 saturated heterocycles. The van der Waals surface area contributed by atoms with Gasteiger partial charge < -0.3 is 19.5 Å². The number of nitrogens with zero attached hydrogens (tertiary/aromatic N) is 1. The smallest absolute Gasteiger partial charge is 0.351 e. The van der Waals surface area contributed by atoms with Crippen LogP contribution in [0.2, 0.25) is 0 Å². The van der Waals surface area contributed by atoms with E-state index in [1.54, 1.807) is 6.08 Å². The average molecular weight is 203 g/mol. The maximum Gasteiger partial charge on any atom is 0.351 e. The summed E-state index contributed by atoms with van der Waals surface area (Å²) < 4.78 is 9.75. The van der Waals surface area contributed by atoms with Crippen LogP contribution in [0.3, 0.4) is 0 Å². The van der Waals surface area contributed by atoms with Crippen LogP contribution in [0.4, 0.5) is 0 Å². The number of carboxylic acids is 1. The van der Waals surface area contributed by atoms with Gasteiger partial charge in [0.1, 0.15) is 19.2 Å². The van der Waals surface area contributed by atoms with Gasteiger partial charge in [0.05, 0.1) is 0 Å². The van der Waals surface area contributed by atoms with Crippen LogP contribution >= 0.6 is 0 Å². The fraction of sp³-hybridized carbons (Fsp3) is 0.667. The highest BCUT2D eigenvalue weighted by Gasteiger charge is 2.15. The van der Waals surface area contributed by atoms with Crippen LogP contribution in [0, 0.1) is 0 Å². The first-order chi connectivity index (χ1) is 6.67. The molecule has 0 radical (unpaired) electrons. The Bertz CT molecular complexity index is 197. The molecule has 0 amide bonds. The molecule has 1 N–H and O–H groups in total. The molecular weight excluding hydrogens is 186 g/mol. The van der Waals surface area contributed by atoms with Gasteiger partial charge in [0.15, 0.2) is 0 Å². The molecule has 0 fully saturated rings. The summed E-state index contributed by atoms with van der Waals surface area (Å²) >= 11 is 0. The second kappa shape index (κ2) is 7.34. The van der Waals surface area contributed by atoms with E-state index in [0.717, 1.165) is 0 Å². The van der Waals surface area contributed by atoms with Gasteiger partial charge in [0, 0.05) is 14.2 Å². The molecule has 0 aromatic carbocycles. The molecule has 0 aliphatic rings. The van der Waals surface area contributed by atoms with Gasteiger partial charge in [-0.25, -0.2) is 4.79 Å². The van der Waals surface area contributed by atoms with Crippen molar-refractivity contribution in [2.45, 2.75) is 13.3 Å². The lowest BCUT2D eigenvalue weighted by Gasteiger charge is -2.22. The minimum Gasteiger partial charge on any atom is -0.477 e. The van der Waals surface area contributed by atoms with Crippen LogP contribution in [0.1, 0.15) is 13.3 Å². The third-order valence-electron chi connectivity index (χ3n) is 1.53. The Balaban J connectivity index is 4.54. The Hall–Kier alpha value is -1.07. The molecular formula is C9H17NO4. The van der Waals surface area contributed by atoms with Crippen LogP contribution in [-0.4, -0.2) is 43.7 Å². The number of aliphatic carboxylic acids is 1. The van der Waals surface area contributed by atoms with E-state index in [1.165, 1.54) is 19.1 Å². The molecule has 0 spiro atoms. The molecule has 0 atom stereocenters. The summed E-state index contributed by atoms with van der Waals surface area (Å²) in [4.78, 5) is 12.4. The first kappa shape index (κ1) is 12.9. The van der Waals surface area contributed by atoms with Crippen LogP contribution in [0.15, 0.2) is 11.8 Å². The Morgan fingerprint density at radius 2 is 1.86 bits per heavy atom. The van der Waals surface area contributed by atoms with Crippen molar-refractivity contribution in [2.24, 2.45) is 0 Å². The normalized spacial score (nSPS) is 11.5. The highest BCUT2D eigenvalue weighted by molar-refractivity contribution is 5.85. The van der Waals surface area contributed by atoms with Crippen molar-refractivity contribution in [3.05, 3.63) is 11.8 Å². The Morgan fingerprint density at radius 1 is 1.36 bits per heavy atom. The lowest BCUT2D eigenvalue weighted by atomic mass is 10.3. The van der Waals surface area contributed by atoms with Gasteiger partial charge in [-0.05, 0) is 6.42 Å². The van der Waals surface area contributed by atoms with Crippen molar-refractivity contribution in [3.63, 3.8) is 0 Å². The van der Waals surface area contributed by atoms with E-state index in [-0.39, 0.29) is 19.2 Å². The SMILES string of the molecule is CC/C=C(\C(=O)O)N(COC)COC. The number of hydrogen-bond acceptors (Lipinski definition) is 4. The first-order valence-electron chi connectivity index (χ1n) is 4.33. The summed E-state index contributed by atoms with van der Waals surface area (Å²) in [6.07, 6.45) is 2.28. The molecule has 0 aliphatic carbocycles. The number of methoxy groups -OCH3 is 2. The highest BCUT2D eigenvalue weighted by atomic mass is 16.5. The van der Waals surface area contributed by atoms with Gasteiger partial charge in [0.2, 0.25) is 0 Å². The van der Waals surface area contributed by atoms with Gasteiger partial charge in [0.25, 0.3) is 0 Å². The minimum absolute atomic E-state index is 0.200. The third kappa shape index (κ3) is 4.25. The molecule has 0 aromatic rings. The highest BCUT2D eigenvalue weighted by Crippen LogP contribution is 2.05. The van der Waals surface area contributed by atoms with E-state index in [0.29, 0.717) is 6.42 Å². The van der Waals surface area contributed by atoms with Gasteiger partial charge in [-0.15, -0.1) is 0 Å². The fourth-order valence-electron chi connectivity index (χ4n) is 1.03. The van der Waals surface area contributed by atoms with Crippen LogP contribution in [-0.2, 0) is 14.3 Å². The number of carboxylic acid groups (broad SMARTS) is 1. The van der Waals surface area contributed by atoms with E-state index < -0.39 is 5.97 Å². The Kier molecular flexibility index (Phi) is 6.78. The molecule has 82 valence electrons. The van der Waals surface area contributed by atoms with E-state index in [9.17, 15) is 4.79 Å². The monoisotopic (exact) mass is 203 g/mol. The van der Waals surface area contributed by atoms with E-state index in [4.69, 9.17) is 14.6 Å². The summed E-state index contributed by atoms with van der Waals surface area (Å²) in [6.45, 7) is 2.28. The molecule has 0 unspecified atom stereocenters. The predicted molar refractivity (Wildman–Crippen MR) is 51.6 cm³/mol. The number of hydrogen-bond donors (Lipinski definition) is 1. The maximum absolute atomic E-state index is 10.9. The van der Waals surface area contributed by atoms with Crippen molar-refractivity contribution >= 4 is 5.97 Å². The molecule has 5 nitrogen and oxygen atoms in total. The molecule has 0 saturated carbocycles. The molecule has 0 aromatic heterocycles. The number of allylic oxidation sites excluding steroid dienone is 1. The Labute approximate surface area is 83.9 Å². The second-order valence-corrected chi connectivity index (χ2v) is 2.68. The van der Waals surface area contributed by atoms with Crippen molar-refractivity contribution in [3.8, 4) is 0 Å². The maximum atomic E-state index is 10.9. The summed E-state index contributed by atoms with van der Waals surface area (Å²) in [5.41, 5.74) is 0.205. The molecule has 14 heavy (non-hydrogen) atoms. The first-order valence-corrected chi connectivity index (χ1v) is 4.33. The predicted octanol–water partition coefficient (Wildman–Crippen LogP) is 0.875. The largest absolute Gasteiger partial charge is 0.477 e. The zero-order valence-electron chi connectivity index (χ0n) is 8.82. The molecule has 0 rings (SSSR count). The molecule has 0 aliphatic heterocycles. The average Bonchev–Trinajstić information content (AvgIpc) is 2.13. The minimum atomic E-state index is -0.971. The van der Waals surface area contributed by atoms with Crippen molar-refractivity contribution in [2.75, 3.05) is 27.7 Å². The molecule has 0 heterocycles. The number of ether oxygens (including phenoxy) is 2. The molecule has 5 heteroatoms.